The molecule has 1 N–H and O–H groups in total. The molecule has 0 amide bonds. The van der Waals surface area contributed by atoms with Crippen molar-refractivity contribution < 1.29 is 13.2 Å². The molecule has 146 valence electrons. The Kier molecular flexibility index (Phi) is 5.01. The second kappa shape index (κ2) is 7.61. The molecule has 1 aromatic carbocycles. The summed E-state index contributed by atoms with van der Waals surface area (Å²) in [5, 5.41) is 7.75. The molecule has 0 saturated carbocycles. The fourth-order valence-corrected chi connectivity index (χ4v) is 4.50. The van der Waals surface area contributed by atoms with Crippen molar-refractivity contribution in [1.82, 2.24) is 20.1 Å². The van der Waals surface area contributed by atoms with Crippen molar-refractivity contribution >= 4 is 15.8 Å². The molecule has 9 heteroatoms. The Bertz CT molecular complexity index is 1050. The lowest BCUT2D eigenvalue weighted by atomic mass is 10.1. The third kappa shape index (κ3) is 3.58. The highest BCUT2D eigenvalue weighted by Crippen LogP contribution is 2.29. The maximum Gasteiger partial charge on any atom is 0.237 e. The summed E-state index contributed by atoms with van der Waals surface area (Å²) in [6.07, 6.45) is 1.65. The highest BCUT2D eigenvalue weighted by atomic mass is 32.2. The van der Waals surface area contributed by atoms with Gasteiger partial charge in [0.05, 0.1) is 30.4 Å². The van der Waals surface area contributed by atoms with E-state index in [0.29, 0.717) is 31.3 Å². The Morgan fingerprint density at radius 2 is 1.93 bits per heavy atom. The van der Waals surface area contributed by atoms with E-state index in [1.165, 1.54) is 4.31 Å². The minimum Gasteiger partial charge on any atom is -0.481 e. The van der Waals surface area contributed by atoms with Crippen LogP contribution in [0.1, 0.15) is 0 Å². The van der Waals surface area contributed by atoms with Crippen molar-refractivity contribution in [3.63, 3.8) is 0 Å². The van der Waals surface area contributed by atoms with Crippen LogP contribution in [0.3, 0.4) is 0 Å². The van der Waals surface area contributed by atoms with Gasteiger partial charge in [0, 0.05) is 37.3 Å². The van der Waals surface area contributed by atoms with Gasteiger partial charge in [-0.2, -0.15) is 0 Å². The molecule has 1 aliphatic rings. The molecule has 0 spiro atoms. The van der Waals surface area contributed by atoms with Crippen LogP contribution in [0.5, 0.6) is 5.88 Å². The first-order valence-corrected chi connectivity index (χ1v) is 10.6. The number of rotatable bonds is 4. The van der Waals surface area contributed by atoms with Gasteiger partial charge in [0.2, 0.25) is 15.9 Å². The number of nitrogens with zero attached hydrogens (tertiary/aromatic N) is 4. The third-order valence-electron chi connectivity index (χ3n) is 4.56. The van der Waals surface area contributed by atoms with E-state index in [1.54, 1.807) is 24.1 Å². The van der Waals surface area contributed by atoms with Crippen LogP contribution < -0.4 is 14.4 Å². The van der Waals surface area contributed by atoms with Crippen molar-refractivity contribution in [3.8, 4) is 22.8 Å². The molecule has 28 heavy (non-hydrogen) atoms. The quantitative estimate of drug-likeness (QED) is 0.718. The van der Waals surface area contributed by atoms with Gasteiger partial charge in [-0.3, -0.25) is 4.31 Å². The molecule has 2 aromatic heterocycles. The van der Waals surface area contributed by atoms with Crippen LogP contribution >= 0.6 is 0 Å². The van der Waals surface area contributed by atoms with Crippen LogP contribution in [-0.4, -0.2) is 55.7 Å². The molecule has 0 bridgehead atoms. The van der Waals surface area contributed by atoms with E-state index in [1.807, 2.05) is 42.5 Å². The molecule has 0 atom stereocenters. The number of aromatic nitrogens is 3. The zero-order chi connectivity index (χ0) is 19.6. The lowest BCUT2D eigenvalue weighted by Gasteiger charge is -2.18. The van der Waals surface area contributed by atoms with Crippen molar-refractivity contribution in [2.45, 2.75) is 0 Å². The Balaban J connectivity index is 1.84. The fraction of sp³-hybridized carbons (Fsp3) is 0.263. The van der Waals surface area contributed by atoms with Crippen molar-refractivity contribution in [1.29, 1.82) is 0 Å². The molecular weight excluding hydrogens is 378 g/mol. The van der Waals surface area contributed by atoms with Crippen molar-refractivity contribution in [2.24, 2.45) is 0 Å². The van der Waals surface area contributed by atoms with Crippen LogP contribution in [0, 0.1) is 0 Å². The summed E-state index contributed by atoms with van der Waals surface area (Å²) in [6, 6.07) is 15.1. The molecular formula is C19H21N5O3S. The van der Waals surface area contributed by atoms with E-state index < -0.39 is 10.0 Å². The van der Waals surface area contributed by atoms with E-state index in [0.717, 1.165) is 16.9 Å². The first-order chi connectivity index (χ1) is 13.6. The van der Waals surface area contributed by atoms with Crippen LogP contribution in [0.4, 0.5) is 5.82 Å². The normalized spacial score (nSPS) is 16.5. The van der Waals surface area contributed by atoms with Gasteiger partial charge in [-0.25, -0.2) is 18.1 Å². The summed E-state index contributed by atoms with van der Waals surface area (Å²) < 4.78 is 33.6. The molecule has 1 fully saturated rings. The van der Waals surface area contributed by atoms with E-state index in [4.69, 9.17) is 4.74 Å². The van der Waals surface area contributed by atoms with Crippen LogP contribution in [0.25, 0.3) is 16.9 Å². The van der Waals surface area contributed by atoms with Gasteiger partial charge in [-0.1, -0.05) is 30.3 Å². The Hall–Kier alpha value is -2.91. The first-order valence-electron chi connectivity index (χ1n) is 8.95. The molecule has 0 radical (unpaired) electrons. The number of ether oxygens (including phenoxy) is 1. The maximum atomic E-state index is 12.7. The largest absolute Gasteiger partial charge is 0.481 e. The number of hydrogen-bond donors (Lipinski definition) is 1. The van der Waals surface area contributed by atoms with E-state index in [9.17, 15) is 8.42 Å². The molecule has 0 aliphatic carbocycles. The lowest BCUT2D eigenvalue weighted by molar-refractivity contribution is 0.397. The Labute approximate surface area is 163 Å². The van der Waals surface area contributed by atoms with E-state index >= 15 is 0 Å². The lowest BCUT2D eigenvalue weighted by Crippen LogP contribution is -2.34. The predicted octanol–water partition coefficient (Wildman–Crippen LogP) is 1.68. The average Bonchev–Trinajstić information content (AvgIpc) is 3.07. The van der Waals surface area contributed by atoms with Gasteiger partial charge in [0.1, 0.15) is 0 Å². The molecule has 8 nitrogen and oxygen atoms in total. The number of sulfonamides is 1. The second-order valence-electron chi connectivity index (χ2n) is 6.36. The first kappa shape index (κ1) is 18.5. The topological polar surface area (TPSA) is 89.4 Å². The number of pyridine rings is 1. The van der Waals surface area contributed by atoms with Crippen LogP contribution in [-0.2, 0) is 10.0 Å². The van der Waals surface area contributed by atoms with E-state index in [-0.39, 0.29) is 5.75 Å². The predicted molar refractivity (Wildman–Crippen MR) is 107 cm³/mol. The summed E-state index contributed by atoms with van der Waals surface area (Å²) in [4.78, 5) is 4.25. The van der Waals surface area contributed by atoms with Gasteiger partial charge < -0.3 is 10.1 Å². The number of methoxy groups -OCH3 is 1. The smallest absolute Gasteiger partial charge is 0.237 e. The molecule has 0 unspecified atom stereocenters. The number of nitrogens with one attached hydrogen (secondary N) is 1. The van der Waals surface area contributed by atoms with Gasteiger partial charge >= 0.3 is 0 Å². The summed E-state index contributed by atoms with van der Waals surface area (Å²) >= 11 is 0. The van der Waals surface area contributed by atoms with Crippen molar-refractivity contribution in [2.75, 3.05) is 36.8 Å². The van der Waals surface area contributed by atoms with Crippen molar-refractivity contribution in [3.05, 3.63) is 54.7 Å². The highest BCUT2D eigenvalue weighted by Gasteiger charge is 2.27. The van der Waals surface area contributed by atoms with E-state index in [2.05, 4.69) is 15.4 Å². The molecule has 4 rings (SSSR count). The summed E-state index contributed by atoms with van der Waals surface area (Å²) in [5.41, 5.74) is 2.44. The minimum atomic E-state index is -3.43. The van der Waals surface area contributed by atoms with Gasteiger partial charge in [-0.15, -0.1) is 5.10 Å². The van der Waals surface area contributed by atoms with Gasteiger partial charge in [-0.05, 0) is 6.07 Å². The Morgan fingerprint density at radius 1 is 1.11 bits per heavy atom. The highest BCUT2D eigenvalue weighted by molar-refractivity contribution is 7.92. The number of anilines is 1. The molecule has 1 saturated heterocycles. The molecule has 3 heterocycles. The standard InChI is InChI=1S/C19H21N5O3S/c1-27-19-8-7-16(14-21-19)24-17(15-5-3-2-4-6-15)13-18(22-24)23-11-9-20-10-12-28(23,25)26/h2-8,13-14,20H,9-12H2,1H3. The summed E-state index contributed by atoms with van der Waals surface area (Å²) in [7, 11) is -1.87. The number of benzene rings is 1. The average molecular weight is 399 g/mol. The minimum absolute atomic E-state index is 0.0463. The summed E-state index contributed by atoms with van der Waals surface area (Å²) in [5.74, 6) is 0.946. The Morgan fingerprint density at radius 3 is 2.64 bits per heavy atom. The SMILES string of the molecule is COc1ccc(-n2nc(N3CCNCCS3(=O)=O)cc2-c2ccccc2)cn1. The number of hydrogen-bond acceptors (Lipinski definition) is 6. The van der Waals surface area contributed by atoms with Gasteiger partial charge in [0.25, 0.3) is 0 Å². The van der Waals surface area contributed by atoms with Crippen LogP contribution in [0.15, 0.2) is 54.7 Å². The fourth-order valence-electron chi connectivity index (χ4n) is 3.13. The molecule has 3 aromatic rings. The monoisotopic (exact) mass is 399 g/mol. The zero-order valence-corrected chi connectivity index (χ0v) is 16.3. The second-order valence-corrected chi connectivity index (χ2v) is 8.38. The summed E-state index contributed by atoms with van der Waals surface area (Å²) in [6.45, 7) is 1.36. The zero-order valence-electron chi connectivity index (χ0n) is 15.4. The van der Waals surface area contributed by atoms with Crippen LogP contribution in [0.2, 0.25) is 0 Å². The maximum absolute atomic E-state index is 12.7. The van der Waals surface area contributed by atoms with Gasteiger partial charge in [0.15, 0.2) is 5.82 Å². The molecule has 1 aliphatic heterocycles. The third-order valence-corrected chi connectivity index (χ3v) is 6.32.